The number of ether oxygens (including phenoxy) is 2. The fraction of sp³-hybridized carbons (Fsp3) is 0.200. The summed E-state index contributed by atoms with van der Waals surface area (Å²) in [7, 11) is 0. The first-order valence-electron chi connectivity index (χ1n) is 4.17. The molecule has 4 heteroatoms. The van der Waals surface area contributed by atoms with Gasteiger partial charge in [0.25, 0.3) is 0 Å². The van der Waals surface area contributed by atoms with Crippen molar-refractivity contribution >= 4 is 0 Å². The maximum absolute atomic E-state index is 5.20. The Morgan fingerprint density at radius 2 is 1.93 bits per heavy atom. The van der Waals surface area contributed by atoms with Crippen molar-refractivity contribution in [2.24, 2.45) is 0 Å². The molecule has 0 aliphatic heterocycles. The van der Waals surface area contributed by atoms with E-state index in [2.05, 4.69) is 23.1 Å². The monoisotopic (exact) mass is 192 g/mol. The molecule has 0 saturated heterocycles. The largest absolute Gasteiger partial charge is 0.473 e. The highest BCUT2D eigenvalue weighted by Gasteiger charge is 1.98. The van der Waals surface area contributed by atoms with Crippen LogP contribution in [-0.2, 0) is 0 Å². The fourth-order valence-electron chi connectivity index (χ4n) is 0.753. The molecule has 0 spiro atoms. The molecule has 1 aromatic rings. The van der Waals surface area contributed by atoms with Crippen molar-refractivity contribution < 1.29 is 9.47 Å². The highest BCUT2D eigenvalue weighted by molar-refractivity contribution is 5.11. The predicted octanol–water partition coefficient (Wildman–Crippen LogP) is 1.61. The van der Waals surface area contributed by atoms with Crippen molar-refractivity contribution in [1.29, 1.82) is 0 Å². The summed E-state index contributed by atoms with van der Waals surface area (Å²) < 4.78 is 10.3. The topological polar surface area (TPSA) is 44.2 Å². The first-order chi connectivity index (χ1) is 6.86. The van der Waals surface area contributed by atoms with Gasteiger partial charge in [0.2, 0.25) is 5.88 Å². The molecule has 1 rings (SSSR count). The second-order valence-electron chi connectivity index (χ2n) is 2.38. The fourth-order valence-corrected chi connectivity index (χ4v) is 0.753. The Kier molecular flexibility index (Phi) is 4.20. The van der Waals surface area contributed by atoms with E-state index >= 15 is 0 Å². The lowest BCUT2D eigenvalue weighted by Gasteiger charge is -2.03. The van der Waals surface area contributed by atoms with Gasteiger partial charge in [-0.3, -0.25) is 0 Å². The average Bonchev–Trinajstić information content (AvgIpc) is 2.24. The van der Waals surface area contributed by atoms with Gasteiger partial charge in [0.1, 0.15) is 13.2 Å². The molecule has 0 N–H and O–H groups in total. The van der Waals surface area contributed by atoms with Gasteiger partial charge in [0.15, 0.2) is 0 Å². The van der Waals surface area contributed by atoms with Crippen molar-refractivity contribution in [2.45, 2.75) is 0 Å². The SMILES string of the molecule is C=CCOc1ccnc(OCC=C)n1. The molecule has 0 bridgehead atoms. The van der Waals surface area contributed by atoms with Crippen molar-refractivity contribution in [2.75, 3.05) is 13.2 Å². The van der Waals surface area contributed by atoms with Gasteiger partial charge in [-0.1, -0.05) is 25.3 Å². The van der Waals surface area contributed by atoms with Crippen LogP contribution in [0, 0.1) is 0 Å². The van der Waals surface area contributed by atoms with E-state index in [1.165, 1.54) is 0 Å². The van der Waals surface area contributed by atoms with E-state index in [4.69, 9.17) is 9.47 Å². The molecule has 0 amide bonds. The summed E-state index contributed by atoms with van der Waals surface area (Å²) in [6, 6.07) is 1.94. The molecule has 0 saturated carbocycles. The van der Waals surface area contributed by atoms with Crippen molar-refractivity contribution in [3.63, 3.8) is 0 Å². The summed E-state index contributed by atoms with van der Waals surface area (Å²) in [6.07, 6.45) is 4.84. The van der Waals surface area contributed by atoms with Crippen LogP contribution in [0.5, 0.6) is 11.9 Å². The lowest BCUT2D eigenvalue weighted by molar-refractivity contribution is 0.308. The molecule has 74 valence electrons. The minimum absolute atomic E-state index is 0.284. The molecular weight excluding hydrogens is 180 g/mol. The van der Waals surface area contributed by atoms with Crippen molar-refractivity contribution in [3.05, 3.63) is 37.6 Å². The highest BCUT2D eigenvalue weighted by Crippen LogP contribution is 2.09. The van der Waals surface area contributed by atoms with Gasteiger partial charge in [-0.25, -0.2) is 4.98 Å². The van der Waals surface area contributed by atoms with E-state index < -0.39 is 0 Å². The molecule has 0 unspecified atom stereocenters. The molecule has 0 aromatic carbocycles. The lowest BCUT2D eigenvalue weighted by Crippen LogP contribution is -2.01. The zero-order valence-electron chi connectivity index (χ0n) is 7.85. The Balaban J connectivity index is 2.58. The summed E-state index contributed by atoms with van der Waals surface area (Å²) in [6.45, 7) is 7.85. The Bertz CT molecular complexity index is 285. The number of hydrogen-bond acceptors (Lipinski definition) is 4. The minimum atomic E-state index is 0.284. The molecule has 0 aliphatic rings. The van der Waals surface area contributed by atoms with Crippen LogP contribution in [0.3, 0.4) is 0 Å². The molecule has 0 atom stereocenters. The van der Waals surface area contributed by atoms with Gasteiger partial charge in [-0.05, 0) is 0 Å². The van der Waals surface area contributed by atoms with Gasteiger partial charge in [-0.15, -0.1) is 0 Å². The van der Waals surface area contributed by atoms with Crippen LogP contribution < -0.4 is 9.47 Å². The molecule has 0 fully saturated rings. The van der Waals surface area contributed by atoms with Crippen LogP contribution in [0.1, 0.15) is 0 Å². The van der Waals surface area contributed by atoms with Gasteiger partial charge in [0.05, 0.1) is 0 Å². The maximum atomic E-state index is 5.20. The third-order valence-electron chi connectivity index (χ3n) is 1.29. The van der Waals surface area contributed by atoms with E-state index in [9.17, 15) is 0 Å². The van der Waals surface area contributed by atoms with E-state index in [1.807, 2.05) is 0 Å². The molecule has 4 nitrogen and oxygen atoms in total. The summed E-state index contributed by atoms with van der Waals surface area (Å²) in [5.74, 6) is 0.471. The summed E-state index contributed by atoms with van der Waals surface area (Å²) >= 11 is 0. The Morgan fingerprint density at radius 1 is 1.21 bits per heavy atom. The zero-order chi connectivity index (χ0) is 10.2. The maximum Gasteiger partial charge on any atom is 0.319 e. The third-order valence-corrected chi connectivity index (χ3v) is 1.29. The second kappa shape index (κ2) is 5.75. The zero-order valence-corrected chi connectivity index (χ0v) is 7.85. The number of nitrogens with zero attached hydrogens (tertiary/aromatic N) is 2. The van der Waals surface area contributed by atoms with E-state index in [-0.39, 0.29) is 6.01 Å². The number of rotatable bonds is 6. The summed E-state index contributed by atoms with van der Waals surface area (Å²) in [5.41, 5.74) is 0. The highest BCUT2D eigenvalue weighted by atomic mass is 16.5. The lowest BCUT2D eigenvalue weighted by atomic mass is 10.6. The van der Waals surface area contributed by atoms with Crippen LogP contribution in [0.4, 0.5) is 0 Å². The summed E-state index contributed by atoms with van der Waals surface area (Å²) in [5, 5.41) is 0. The smallest absolute Gasteiger partial charge is 0.319 e. The van der Waals surface area contributed by atoms with Gasteiger partial charge >= 0.3 is 6.01 Å². The first kappa shape index (κ1) is 10.2. The molecule has 1 heterocycles. The van der Waals surface area contributed by atoms with Crippen molar-refractivity contribution in [1.82, 2.24) is 9.97 Å². The Hall–Kier alpha value is -1.84. The molecule has 0 aliphatic carbocycles. The van der Waals surface area contributed by atoms with Crippen LogP contribution in [0.2, 0.25) is 0 Å². The number of aromatic nitrogens is 2. The Morgan fingerprint density at radius 3 is 2.64 bits per heavy atom. The molecule has 14 heavy (non-hydrogen) atoms. The quantitative estimate of drug-likeness (QED) is 0.642. The van der Waals surface area contributed by atoms with Crippen LogP contribution in [0.15, 0.2) is 37.6 Å². The summed E-state index contributed by atoms with van der Waals surface area (Å²) in [4.78, 5) is 7.89. The van der Waals surface area contributed by atoms with Gasteiger partial charge < -0.3 is 9.47 Å². The van der Waals surface area contributed by atoms with Gasteiger partial charge in [0, 0.05) is 12.3 Å². The van der Waals surface area contributed by atoms with Crippen LogP contribution in [0.25, 0.3) is 0 Å². The van der Waals surface area contributed by atoms with Gasteiger partial charge in [-0.2, -0.15) is 4.98 Å². The third kappa shape index (κ3) is 3.26. The standard InChI is InChI=1S/C10H12N2O2/c1-3-7-13-9-5-6-11-10(12-9)14-8-4-2/h3-6H,1-2,7-8H2. The predicted molar refractivity (Wildman–Crippen MR) is 53.4 cm³/mol. The Labute approximate surface area is 82.9 Å². The molecule has 0 radical (unpaired) electrons. The van der Waals surface area contributed by atoms with Crippen LogP contribution in [-0.4, -0.2) is 23.2 Å². The molecular formula is C10H12N2O2. The molecule has 1 aromatic heterocycles. The average molecular weight is 192 g/mol. The normalized spacial score (nSPS) is 9.14. The minimum Gasteiger partial charge on any atom is -0.473 e. The van der Waals surface area contributed by atoms with Crippen molar-refractivity contribution in [3.8, 4) is 11.9 Å². The number of hydrogen-bond donors (Lipinski definition) is 0. The van der Waals surface area contributed by atoms with Crippen LogP contribution >= 0.6 is 0 Å². The van der Waals surface area contributed by atoms with E-state index in [1.54, 1.807) is 24.4 Å². The van der Waals surface area contributed by atoms with E-state index in [0.717, 1.165) is 0 Å². The second-order valence-corrected chi connectivity index (χ2v) is 2.38. The van der Waals surface area contributed by atoms with E-state index in [0.29, 0.717) is 19.1 Å². The first-order valence-corrected chi connectivity index (χ1v) is 4.17.